The van der Waals surface area contributed by atoms with E-state index >= 15 is 0 Å². The predicted molar refractivity (Wildman–Crippen MR) is 72.9 cm³/mol. The number of likely N-dealkylation sites (N-methyl/N-ethyl adjacent to an activating group) is 1. The summed E-state index contributed by atoms with van der Waals surface area (Å²) in [5.74, 6) is -1.54. The van der Waals surface area contributed by atoms with Gasteiger partial charge in [0.1, 0.15) is 0 Å². The van der Waals surface area contributed by atoms with Gasteiger partial charge in [-0.15, -0.1) is 0 Å². The van der Waals surface area contributed by atoms with Crippen LogP contribution in [-0.2, 0) is 6.42 Å². The third-order valence-corrected chi connectivity index (χ3v) is 4.10. The third kappa shape index (κ3) is 3.98. The zero-order valence-electron chi connectivity index (χ0n) is 11.4. The lowest BCUT2D eigenvalue weighted by molar-refractivity contribution is 0.185. The zero-order valence-corrected chi connectivity index (χ0v) is 11.4. The molecule has 0 radical (unpaired) electrons. The maximum Gasteiger partial charge on any atom is 0.159 e. The predicted octanol–water partition coefficient (Wildman–Crippen LogP) is 2.71. The third-order valence-electron chi connectivity index (χ3n) is 4.10. The average molecular weight is 268 g/mol. The van der Waals surface area contributed by atoms with E-state index in [-0.39, 0.29) is 0 Å². The summed E-state index contributed by atoms with van der Waals surface area (Å²) in [4.78, 5) is 2.31. The minimum atomic E-state index is -0.779. The second-order valence-corrected chi connectivity index (χ2v) is 5.55. The van der Waals surface area contributed by atoms with Crippen LogP contribution in [-0.4, -0.2) is 30.6 Å². The molecule has 0 spiro atoms. The minimum Gasteiger partial charge on any atom is -0.328 e. The number of nitrogens with two attached hydrogens (primary N) is 1. The molecule has 2 rings (SSSR count). The van der Waals surface area contributed by atoms with Crippen LogP contribution in [0.3, 0.4) is 0 Å². The lowest BCUT2D eigenvalue weighted by atomic mass is 9.91. The smallest absolute Gasteiger partial charge is 0.159 e. The summed E-state index contributed by atoms with van der Waals surface area (Å²) in [7, 11) is 2.10. The van der Waals surface area contributed by atoms with E-state index in [0.29, 0.717) is 12.1 Å². The molecule has 0 saturated heterocycles. The van der Waals surface area contributed by atoms with E-state index in [4.69, 9.17) is 5.73 Å². The van der Waals surface area contributed by atoms with Crippen LogP contribution in [0.25, 0.3) is 0 Å². The molecular formula is C15H22F2N2. The van der Waals surface area contributed by atoms with Gasteiger partial charge in [0.05, 0.1) is 0 Å². The lowest BCUT2D eigenvalue weighted by Gasteiger charge is -2.33. The number of rotatable bonds is 4. The molecule has 106 valence electrons. The molecule has 0 bridgehead atoms. The molecule has 19 heavy (non-hydrogen) atoms. The summed E-state index contributed by atoms with van der Waals surface area (Å²) >= 11 is 0. The summed E-state index contributed by atoms with van der Waals surface area (Å²) in [6.45, 7) is 0.866. The number of nitrogens with zero attached hydrogens (tertiary/aromatic N) is 1. The Hall–Kier alpha value is -1.00. The van der Waals surface area contributed by atoms with Crippen LogP contribution < -0.4 is 5.73 Å². The van der Waals surface area contributed by atoms with Gasteiger partial charge in [-0.1, -0.05) is 6.07 Å². The van der Waals surface area contributed by atoms with Crippen molar-refractivity contribution in [1.29, 1.82) is 0 Å². The Morgan fingerprint density at radius 1 is 1.16 bits per heavy atom. The van der Waals surface area contributed by atoms with E-state index in [2.05, 4.69) is 11.9 Å². The van der Waals surface area contributed by atoms with Crippen LogP contribution >= 0.6 is 0 Å². The molecule has 4 heteroatoms. The normalized spacial score (nSPS) is 23.8. The van der Waals surface area contributed by atoms with Crippen molar-refractivity contribution in [1.82, 2.24) is 4.90 Å². The largest absolute Gasteiger partial charge is 0.328 e. The SMILES string of the molecule is CN(CCc1ccc(F)c(F)c1)C1CCC(N)CC1. The highest BCUT2D eigenvalue weighted by atomic mass is 19.2. The van der Waals surface area contributed by atoms with Gasteiger partial charge in [-0.25, -0.2) is 8.78 Å². The van der Waals surface area contributed by atoms with Gasteiger partial charge >= 0.3 is 0 Å². The molecule has 1 aliphatic rings. The van der Waals surface area contributed by atoms with Gasteiger partial charge in [-0.05, 0) is 56.8 Å². The molecule has 0 atom stereocenters. The van der Waals surface area contributed by atoms with Crippen LogP contribution in [0.1, 0.15) is 31.2 Å². The van der Waals surface area contributed by atoms with Crippen molar-refractivity contribution in [3.05, 3.63) is 35.4 Å². The van der Waals surface area contributed by atoms with E-state index in [9.17, 15) is 8.78 Å². The van der Waals surface area contributed by atoms with Gasteiger partial charge in [-0.3, -0.25) is 0 Å². The van der Waals surface area contributed by atoms with Crippen molar-refractivity contribution in [2.75, 3.05) is 13.6 Å². The maximum absolute atomic E-state index is 13.1. The molecule has 1 aromatic rings. The van der Waals surface area contributed by atoms with Gasteiger partial charge in [0.2, 0.25) is 0 Å². The highest BCUT2D eigenvalue weighted by molar-refractivity contribution is 5.18. The van der Waals surface area contributed by atoms with E-state index < -0.39 is 11.6 Å². The quantitative estimate of drug-likeness (QED) is 0.909. The monoisotopic (exact) mass is 268 g/mol. The topological polar surface area (TPSA) is 29.3 Å². The van der Waals surface area contributed by atoms with Crippen LogP contribution in [0, 0.1) is 11.6 Å². The standard InChI is InChI=1S/C15H22F2N2/c1-19(13-5-3-12(18)4-6-13)9-8-11-2-7-14(16)15(17)10-11/h2,7,10,12-13H,3-6,8-9,18H2,1H3. The summed E-state index contributed by atoms with van der Waals surface area (Å²) in [6, 6.07) is 5.08. The molecule has 1 aliphatic carbocycles. The van der Waals surface area contributed by atoms with E-state index in [1.807, 2.05) is 0 Å². The van der Waals surface area contributed by atoms with E-state index in [1.54, 1.807) is 6.07 Å². The summed E-state index contributed by atoms with van der Waals surface area (Å²) in [6.07, 6.45) is 5.18. The maximum atomic E-state index is 13.1. The Labute approximate surface area is 113 Å². The van der Waals surface area contributed by atoms with Crippen molar-refractivity contribution < 1.29 is 8.78 Å². The van der Waals surface area contributed by atoms with Crippen LogP contribution in [0.15, 0.2) is 18.2 Å². The van der Waals surface area contributed by atoms with Crippen LogP contribution in [0.5, 0.6) is 0 Å². The Morgan fingerprint density at radius 2 is 1.84 bits per heavy atom. The fraction of sp³-hybridized carbons (Fsp3) is 0.600. The molecule has 0 aliphatic heterocycles. The fourth-order valence-corrected chi connectivity index (χ4v) is 2.73. The molecule has 1 fully saturated rings. The second-order valence-electron chi connectivity index (χ2n) is 5.55. The number of hydrogen-bond acceptors (Lipinski definition) is 2. The second kappa shape index (κ2) is 6.44. The summed E-state index contributed by atoms with van der Waals surface area (Å²) in [5, 5.41) is 0. The first-order valence-electron chi connectivity index (χ1n) is 6.96. The molecule has 1 saturated carbocycles. The van der Waals surface area contributed by atoms with Gasteiger partial charge in [-0.2, -0.15) is 0 Å². The Balaban J connectivity index is 1.82. The van der Waals surface area contributed by atoms with Gasteiger partial charge < -0.3 is 10.6 Å². The highest BCUT2D eigenvalue weighted by Crippen LogP contribution is 2.21. The van der Waals surface area contributed by atoms with E-state index in [1.165, 1.54) is 12.1 Å². The van der Waals surface area contributed by atoms with Crippen molar-refractivity contribution in [3.8, 4) is 0 Å². The molecule has 2 nitrogen and oxygen atoms in total. The van der Waals surface area contributed by atoms with Crippen molar-refractivity contribution in [2.24, 2.45) is 5.73 Å². The fourth-order valence-electron chi connectivity index (χ4n) is 2.73. The van der Waals surface area contributed by atoms with Crippen molar-refractivity contribution in [3.63, 3.8) is 0 Å². The van der Waals surface area contributed by atoms with Crippen LogP contribution in [0.4, 0.5) is 8.78 Å². The zero-order chi connectivity index (χ0) is 13.8. The molecule has 0 amide bonds. The number of hydrogen-bond donors (Lipinski definition) is 1. The molecular weight excluding hydrogens is 246 g/mol. The Kier molecular flexibility index (Phi) is 4.88. The van der Waals surface area contributed by atoms with Gasteiger partial charge in [0.25, 0.3) is 0 Å². The summed E-state index contributed by atoms with van der Waals surface area (Å²) < 4.78 is 25.9. The van der Waals surface area contributed by atoms with E-state index in [0.717, 1.165) is 44.2 Å². The number of benzene rings is 1. The first-order chi connectivity index (χ1) is 9.06. The molecule has 0 heterocycles. The summed E-state index contributed by atoms with van der Waals surface area (Å²) in [5.41, 5.74) is 6.74. The highest BCUT2D eigenvalue weighted by Gasteiger charge is 2.21. The van der Waals surface area contributed by atoms with Gasteiger partial charge in [0, 0.05) is 18.6 Å². The van der Waals surface area contributed by atoms with Crippen molar-refractivity contribution in [2.45, 2.75) is 44.2 Å². The van der Waals surface area contributed by atoms with Gasteiger partial charge in [0.15, 0.2) is 11.6 Å². The molecule has 2 N–H and O–H groups in total. The van der Waals surface area contributed by atoms with Crippen molar-refractivity contribution >= 4 is 0 Å². The first-order valence-corrected chi connectivity index (χ1v) is 6.96. The lowest BCUT2D eigenvalue weighted by Crippen LogP contribution is -2.39. The average Bonchev–Trinajstić information content (AvgIpc) is 2.40. The van der Waals surface area contributed by atoms with Crippen LogP contribution in [0.2, 0.25) is 0 Å². The molecule has 0 aromatic heterocycles. The molecule has 0 unspecified atom stereocenters. The Bertz CT molecular complexity index is 415. The minimum absolute atomic E-state index is 0.357. The number of halogens is 2. The first kappa shape index (κ1) is 14.4. The molecule has 1 aromatic carbocycles. The Morgan fingerprint density at radius 3 is 2.47 bits per heavy atom.